The van der Waals surface area contributed by atoms with Crippen molar-refractivity contribution in [1.82, 2.24) is 10.2 Å². The fraction of sp³-hybridized carbons (Fsp3) is 0.818. The predicted octanol–water partition coefficient (Wildman–Crippen LogP) is -0.698. The fourth-order valence-electron chi connectivity index (χ4n) is 2.38. The van der Waals surface area contributed by atoms with Crippen molar-refractivity contribution < 1.29 is 18.0 Å². The van der Waals surface area contributed by atoms with Gasteiger partial charge in [-0.15, -0.1) is 0 Å². The van der Waals surface area contributed by atoms with Crippen molar-refractivity contribution in [2.75, 3.05) is 24.6 Å². The highest BCUT2D eigenvalue weighted by molar-refractivity contribution is 7.91. The quantitative estimate of drug-likeness (QED) is 0.738. The average Bonchev–Trinajstić information content (AvgIpc) is 2.61. The second-order valence-corrected chi connectivity index (χ2v) is 7.17. The van der Waals surface area contributed by atoms with Crippen LogP contribution in [0.4, 0.5) is 0 Å². The summed E-state index contributed by atoms with van der Waals surface area (Å²) in [5, 5.41) is 2.69. The van der Waals surface area contributed by atoms with Gasteiger partial charge >= 0.3 is 0 Å². The number of hydrogen-bond acceptors (Lipinski definition) is 4. The molecular formula is C11H18N2O4S. The highest BCUT2D eigenvalue weighted by Gasteiger charge is 2.29. The first-order valence-corrected chi connectivity index (χ1v) is 8.06. The topological polar surface area (TPSA) is 83.6 Å². The Bertz CT molecular complexity index is 446. The maximum atomic E-state index is 11.7. The third-order valence-electron chi connectivity index (χ3n) is 3.35. The minimum absolute atomic E-state index is 0.00967. The van der Waals surface area contributed by atoms with E-state index in [1.54, 1.807) is 4.90 Å². The van der Waals surface area contributed by atoms with Gasteiger partial charge in [0.05, 0.1) is 18.1 Å². The van der Waals surface area contributed by atoms with Crippen LogP contribution >= 0.6 is 0 Å². The molecule has 0 spiro atoms. The van der Waals surface area contributed by atoms with Crippen molar-refractivity contribution in [3.05, 3.63) is 0 Å². The van der Waals surface area contributed by atoms with Crippen LogP contribution in [0.1, 0.15) is 25.7 Å². The van der Waals surface area contributed by atoms with E-state index in [-0.39, 0.29) is 35.9 Å². The molecule has 2 aliphatic rings. The zero-order valence-corrected chi connectivity index (χ0v) is 11.0. The van der Waals surface area contributed by atoms with E-state index in [0.29, 0.717) is 19.4 Å². The van der Waals surface area contributed by atoms with Gasteiger partial charge in [-0.3, -0.25) is 9.59 Å². The maximum absolute atomic E-state index is 11.7. The molecule has 2 heterocycles. The predicted molar refractivity (Wildman–Crippen MR) is 65.6 cm³/mol. The van der Waals surface area contributed by atoms with Crippen LogP contribution in [-0.2, 0) is 19.4 Å². The molecule has 2 aliphatic heterocycles. The Morgan fingerprint density at radius 1 is 1.39 bits per heavy atom. The number of nitrogens with zero attached hydrogens (tertiary/aromatic N) is 1. The van der Waals surface area contributed by atoms with E-state index in [2.05, 4.69) is 5.32 Å². The lowest BCUT2D eigenvalue weighted by molar-refractivity contribution is -0.138. The van der Waals surface area contributed by atoms with Crippen LogP contribution in [-0.4, -0.2) is 55.8 Å². The van der Waals surface area contributed by atoms with Gasteiger partial charge in [-0.25, -0.2) is 8.42 Å². The lowest BCUT2D eigenvalue weighted by Gasteiger charge is -2.26. The van der Waals surface area contributed by atoms with E-state index < -0.39 is 9.84 Å². The Morgan fingerprint density at radius 3 is 2.78 bits per heavy atom. The number of likely N-dealkylation sites (tertiary alicyclic amines) is 1. The molecule has 102 valence electrons. The Kier molecular flexibility index (Phi) is 3.89. The Balaban J connectivity index is 1.80. The van der Waals surface area contributed by atoms with Crippen LogP contribution < -0.4 is 5.32 Å². The number of sulfone groups is 1. The summed E-state index contributed by atoms with van der Waals surface area (Å²) in [6.07, 6.45) is 2.79. The highest BCUT2D eigenvalue weighted by atomic mass is 32.2. The summed E-state index contributed by atoms with van der Waals surface area (Å²) in [5.41, 5.74) is 0. The van der Waals surface area contributed by atoms with E-state index in [0.717, 1.165) is 12.8 Å². The summed E-state index contributed by atoms with van der Waals surface area (Å²) in [7, 11) is -2.98. The zero-order valence-electron chi connectivity index (χ0n) is 10.2. The molecule has 7 heteroatoms. The van der Waals surface area contributed by atoms with E-state index in [1.807, 2.05) is 0 Å². The molecule has 2 saturated heterocycles. The van der Waals surface area contributed by atoms with Crippen molar-refractivity contribution in [3.63, 3.8) is 0 Å². The number of hydrogen-bond donors (Lipinski definition) is 1. The molecule has 0 aromatic heterocycles. The second-order valence-electron chi connectivity index (χ2n) is 4.94. The SMILES string of the molecule is O=C(CN1CCCCC1=O)NC1CCS(=O)(=O)C1. The van der Waals surface area contributed by atoms with E-state index >= 15 is 0 Å². The van der Waals surface area contributed by atoms with Crippen molar-refractivity contribution in [2.45, 2.75) is 31.7 Å². The van der Waals surface area contributed by atoms with Gasteiger partial charge in [0.2, 0.25) is 11.8 Å². The Hall–Kier alpha value is -1.11. The molecule has 2 fully saturated rings. The Labute approximate surface area is 107 Å². The largest absolute Gasteiger partial charge is 0.351 e. The zero-order chi connectivity index (χ0) is 13.2. The molecule has 6 nitrogen and oxygen atoms in total. The molecular weight excluding hydrogens is 256 g/mol. The van der Waals surface area contributed by atoms with Crippen LogP contribution in [0.5, 0.6) is 0 Å². The fourth-order valence-corrected chi connectivity index (χ4v) is 4.06. The number of rotatable bonds is 3. The first kappa shape index (κ1) is 13.3. The molecule has 1 unspecified atom stereocenters. The monoisotopic (exact) mass is 274 g/mol. The van der Waals surface area contributed by atoms with Gasteiger partial charge in [-0.05, 0) is 19.3 Å². The van der Waals surface area contributed by atoms with Gasteiger partial charge in [0.1, 0.15) is 0 Å². The van der Waals surface area contributed by atoms with E-state index in [9.17, 15) is 18.0 Å². The molecule has 0 radical (unpaired) electrons. The minimum Gasteiger partial charge on any atom is -0.351 e. The third-order valence-corrected chi connectivity index (χ3v) is 5.12. The van der Waals surface area contributed by atoms with Gasteiger partial charge < -0.3 is 10.2 Å². The van der Waals surface area contributed by atoms with Crippen LogP contribution in [0.3, 0.4) is 0 Å². The number of amides is 2. The summed E-state index contributed by atoms with van der Waals surface area (Å²) in [4.78, 5) is 24.8. The molecule has 1 N–H and O–H groups in total. The molecule has 0 aromatic carbocycles. The highest BCUT2D eigenvalue weighted by Crippen LogP contribution is 2.12. The summed E-state index contributed by atoms with van der Waals surface area (Å²) in [5.74, 6) is -0.0874. The lowest BCUT2D eigenvalue weighted by atomic mass is 10.1. The van der Waals surface area contributed by atoms with Crippen molar-refractivity contribution in [2.24, 2.45) is 0 Å². The molecule has 2 amide bonds. The maximum Gasteiger partial charge on any atom is 0.239 e. The summed E-state index contributed by atoms with van der Waals surface area (Å²) in [6, 6.07) is -0.289. The first-order chi connectivity index (χ1) is 8.46. The number of carbonyl (C=O) groups is 2. The summed E-state index contributed by atoms with van der Waals surface area (Å²) < 4.78 is 22.5. The molecule has 18 heavy (non-hydrogen) atoms. The van der Waals surface area contributed by atoms with Crippen molar-refractivity contribution in [3.8, 4) is 0 Å². The standard InChI is InChI=1S/C11H18N2O4S/c14-10(7-13-5-2-1-3-11(13)15)12-9-4-6-18(16,17)8-9/h9H,1-8H2,(H,12,14). The van der Waals surface area contributed by atoms with Gasteiger partial charge in [0, 0.05) is 19.0 Å². The van der Waals surface area contributed by atoms with Crippen LogP contribution in [0, 0.1) is 0 Å². The second kappa shape index (κ2) is 5.26. The first-order valence-electron chi connectivity index (χ1n) is 6.24. The van der Waals surface area contributed by atoms with Gasteiger partial charge in [-0.1, -0.05) is 0 Å². The van der Waals surface area contributed by atoms with Crippen LogP contribution in [0.25, 0.3) is 0 Å². The smallest absolute Gasteiger partial charge is 0.239 e. The van der Waals surface area contributed by atoms with Gasteiger partial charge in [-0.2, -0.15) is 0 Å². The minimum atomic E-state index is -2.98. The molecule has 0 saturated carbocycles. The lowest BCUT2D eigenvalue weighted by Crippen LogP contribution is -2.46. The number of carbonyl (C=O) groups excluding carboxylic acids is 2. The summed E-state index contributed by atoms with van der Waals surface area (Å²) >= 11 is 0. The molecule has 1 atom stereocenters. The number of nitrogens with one attached hydrogen (secondary N) is 1. The molecule has 0 aliphatic carbocycles. The van der Waals surface area contributed by atoms with Crippen molar-refractivity contribution in [1.29, 1.82) is 0 Å². The van der Waals surface area contributed by atoms with Crippen LogP contribution in [0.2, 0.25) is 0 Å². The molecule has 0 bridgehead atoms. The van der Waals surface area contributed by atoms with E-state index in [4.69, 9.17) is 0 Å². The molecule has 0 aromatic rings. The normalized spacial score (nSPS) is 27.2. The summed E-state index contributed by atoms with van der Waals surface area (Å²) in [6.45, 7) is 0.671. The van der Waals surface area contributed by atoms with Crippen molar-refractivity contribution >= 4 is 21.7 Å². The third kappa shape index (κ3) is 3.44. The van der Waals surface area contributed by atoms with Crippen LogP contribution in [0.15, 0.2) is 0 Å². The van der Waals surface area contributed by atoms with Gasteiger partial charge in [0.25, 0.3) is 0 Å². The van der Waals surface area contributed by atoms with E-state index in [1.165, 1.54) is 0 Å². The molecule has 2 rings (SSSR count). The average molecular weight is 274 g/mol. The number of piperidine rings is 1. The Morgan fingerprint density at radius 2 is 2.17 bits per heavy atom. The van der Waals surface area contributed by atoms with Gasteiger partial charge in [0.15, 0.2) is 9.84 Å².